The van der Waals surface area contributed by atoms with E-state index >= 15 is 0 Å². The average Bonchev–Trinajstić information content (AvgIpc) is 3.31. The number of hydrogen-bond acceptors (Lipinski definition) is 6. The summed E-state index contributed by atoms with van der Waals surface area (Å²) in [5.41, 5.74) is 1.06. The van der Waals surface area contributed by atoms with Crippen LogP contribution in [-0.2, 0) is 12.3 Å². The van der Waals surface area contributed by atoms with Crippen molar-refractivity contribution in [3.8, 4) is 11.6 Å². The molecule has 0 fully saturated rings. The Kier molecular flexibility index (Phi) is 4.59. The lowest BCUT2D eigenvalue weighted by Crippen LogP contribution is -2.07. The number of benzene rings is 1. The normalized spacial score (nSPS) is 11.6. The van der Waals surface area contributed by atoms with E-state index in [1.807, 2.05) is 24.3 Å². The minimum Gasteiger partial charge on any atom is -0.461 e. The molecule has 25 heavy (non-hydrogen) atoms. The molecular weight excluding hydrogens is 352 g/mol. The van der Waals surface area contributed by atoms with Gasteiger partial charge in [-0.2, -0.15) is 0 Å². The lowest BCUT2D eigenvalue weighted by Gasteiger charge is -2.11. The van der Waals surface area contributed by atoms with Crippen molar-refractivity contribution in [2.45, 2.75) is 31.3 Å². The summed E-state index contributed by atoms with van der Waals surface area (Å²) >= 11 is 3.40. The van der Waals surface area contributed by atoms with Crippen LogP contribution < -0.4 is 0 Å². The number of fused-ring (bicyclic) bond motifs is 1. The van der Waals surface area contributed by atoms with Gasteiger partial charge in [-0.25, -0.2) is 4.98 Å². The van der Waals surface area contributed by atoms with Gasteiger partial charge in [-0.05, 0) is 30.2 Å². The van der Waals surface area contributed by atoms with Gasteiger partial charge in [-0.1, -0.05) is 37.7 Å². The van der Waals surface area contributed by atoms with Gasteiger partial charge in [0.15, 0.2) is 16.7 Å². The predicted molar refractivity (Wildman–Crippen MR) is 102 cm³/mol. The first kappa shape index (κ1) is 16.4. The third-order valence-corrected chi connectivity index (χ3v) is 5.87. The standard InChI is InChI=1S/C18H18N4OS2/c1-12(2)10-22-17(14-7-5-9-23-14)20-21-18(22)24-11-16-19-13-6-3-4-8-15(13)25-16/h3-9,12H,10-11H2,1-2H3. The zero-order valence-electron chi connectivity index (χ0n) is 14.0. The maximum atomic E-state index is 5.51. The number of furan rings is 1. The monoisotopic (exact) mass is 370 g/mol. The van der Waals surface area contributed by atoms with Gasteiger partial charge in [0, 0.05) is 6.54 Å². The molecule has 128 valence electrons. The molecule has 0 saturated carbocycles. The van der Waals surface area contributed by atoms with Gasteiger partial charge >= 0.3 is 0 Å². The summed E-state index contributed by atoms with van der Waals surface area (Å²) in [4.78, 5) is 4.70. The van der Waals surface area contributed by atoms with Gasteiger partial charge in [-0.15, -0.1) is 21.5 Å². The molecule has 0 amide bonds. The molecule has 0 spiro atoms. The summed E-state index contributed by atoms with van der Waals surface area (Å²) in [5, 5.41) is 10.7. The van der Waals surface area contributed by atoms with Crippen molar-refractivity contribution in [1.29, 1.82) is 0 Å². The number of thioether (sulfide) groups is 1. The minimum absolute atomic E-state index is 0.492. The van der Waals surface area contributed by atoms with Crippen LogP contribution in [0, 0.1) is 5.92 Å². The third-order valence-electron chi connectivity index (χ3n) is 3.67. The summed E-state index contributed by atoms with van der Waals surface area (Å²) in [5.74, 6) is 2.81. The quantitative estimate of drug-likeness (QED) is 0.442. The van der Waals surface area contributed by atoms with Crippen LogP contribution in [-0.4, -0.2) is 19.7 Å². The summed E-state index contributed by atoms with van der Waals surface area (Å²) in [6.07, 6.45) is 1.66. The van der Waals surface area contributed by atoms with Crippen molar-refractivity contribution in [2.75, 3.05) is 0 Å². The largest absolute Gasteiger partial charge is 0.461 e. The smallest absolute Gasteiger partial charge is 0.200 e. The zero-order valence-corrected chi connectivity index (χ0v) is 15.7. The summed E-state index contributed by atoms with van der Waals surface area (Å²) in [7, 11) is 0. The fraction of sp³-hybridized carbons (Fsp3) is 0.278. The lowest BCUT2D eigenvalue weighted by atomic mass is 10.2. The number of rotatable bonds is 6. The molecule has 4 rings (SSSR count). The van der Waals surface area contributed by atoms with Crippen LogP contribution >= 0.6 is 23.1 Å². The highest BCUT2D eigenvalue weighted by Gasteiger charge is 2.17. The van der Waals surface area contributed by atoms with E-state index < -0.39 is 0 Å². The molecule has 0 bridgehead atoms. The van der Waals surface area contributed by atoms with Gasteiger partial charge in [0.05, 0.1) is 22.2 Å². The molecule has 0 atom stereocenters. The molecule has 0 radical (unpaired) electrons. The molecule has 0 N–H and O–H groups in total. The van der Waals surface area contributed by atoms with Gasteiger partial charge in [0.25, 0.3) is 0 Å². The Morgan fingerprint density at radius 1 is 1.16 bits per heavy atom. The van der Waals surface area contributed by atoms with Crippen LogP contribution in [0.5, 0.6) is 0 Å². The number of nitrogens with zero attached hydrogens (tertiary/aromatic N) is 4. The molecule has 0 aliphatic carbocycles. The molecule has 0 aliphatic rings. The molecule has 0 saturated heterocycles. The topological polar surface area (TPSA) is 56.7 Å². The van der Waals surface area contributed by atoms with Crippen molar-refractivity contribution in [1.82, 2.24) is 19.7 Å². The van der Waals surface area contributed by atoms with Crippen molar-refractivity contribution < 1.29 is 4.42 Å². The SMILES string of the molecule is CC(C)Cn1c(SCc2nc3ccccc3s2)nnc1-c1ccco1. The summed E-state index contributed by atoms with van der Waals surface area (Å²) < 4.78 is 8.88. The Morgan fingerprint density at radius 2 is 2.04 bits per heavy atom. The number of thiazole rings is 1. The fourth-order valence-electron chi connectivity index (χ4n) is 2.62. The first-order chi connectivity index (χ1) is 12.2. The molecule has 0 aliphatic heterocycles. The van der Waals surface area contributed by atoms with Crippen LogP contribution in [0.3, 0.4) is 0 Å². The zero-order chi connectivity index (χ0) is 17.2. The Bertz CT molecular complexity index is 939. The molecule has 3 aromatic heterocycles. The number of aromatic nitrogens is 4. The van der Waals surface area contributed by atoms with E-state index in [-0.39, 0.29) is 0 Å². The highest BCUT2D eigenvalue weighted by atomic mass is 32.2. The van der Waals surface area contributed by atoms with Crippen molar-refractivity contribution in [3.05, 3.63) is 47.7 Å². The molecule has 3 heterocycles. The Balaban J connectivity index is 1.59. The van der Waals surface area contributed by atoms with Gasteiger partial charge in [0.2, 0.25) is 0 Å². The van der Waals surface area contributed by atoms with Crippen molar-refractivity contribution in [3.63, 3.8) is 0 Å². The van der Waals surface area contributed by atoms with E-state index in [9.17, 15) is 0 Å². The minimum atomic E-state index is 0.492. The van der Waals surface area contributed by atoms with Crippen LogP contribution in [0.2, 0.25) is 0 Å². The Morgan fingerprint density at radius 3 is 2.80 bits per heavy atom. The first-order valence-corrected chi connectivity index (χ1v) is 9.95. The lowest BCUT2D eigenvalue weighted by molar-refractivity contribution is 0.489. The van der Waals surface area contributed by atoms with Gasteiger partial charge in [0.1, 0.15) is 5.01 Å². The summed E-state index contributed by atoms with van der Waals surface area (Å²) in [6.45, 7) is 5.23. The fourth-order valence-corrected chi connectivity index (χ4v) is 4.53. The first-order valence-electron chi connectivity index (χ1n) is 8.15. The Labute approximate surface area is 154 Å². The van der Waals surface area contributed by atoms with E-state index in [1.165, 1.54) is 4.70 Å². The molecule has 7 heteroatoms. The second-order valence-corrected chi connectivity index (χ2v) is 8.21. The molecular formula is C18H18N4OS2. The highest BCUT2D eigenvalue weighted by molar-refractivity contribution is 7.98. The van der Waals surface area contributed by atoms with E-state index in [4.69, 9.17) is 9.40 Å². The Hall–Kier alpha value is -2.12. The second-order valence-electron chi connectivity index (χ2n) is 6.15. The van der Waals surface area contributed by atoms with E-state index in [0.29, 0.717) is 5.92 Å². The molecule has 5 nitrogen and oxygen atoms in total. The van der Waals surface area contributed by atoms with Crippen LogP contribution in [0.15, 0.2) is 52.2 Å². The third kappa shape index (κ3) is 3.48. The van der Waals surface area contributed by atoms with Crippen LogP contribution in [0.4, 0.5) is 0 Å². The van der Waals surface area contributed by atoms with E-state index in [2.05, 4.69) is 40.7 Å². The van der Waals surface area contributed by atoms with Gasteiger partial charge in [-0.3, -0.25) is 4.57 Å². The van der Waals surface area contributed by atoms with Gasteiger partial charge < -0.3 is 4.42 Å². The molecule has 0 unspecified atom stereocenters. The molecule has 4 aromatic rings. The van der Waals surface area contributed by atoms with Crippen molar-refractivity contribution in [2.24, 2.45) is 5.92 Å². The average molecular weight is 371 g/mol. The predicted octanol–water partition coefficient (Wildman–Crippen LogP) is 5.10. The van der Waals surface area contributed by atoms with Crippen LogP contribution in [0.25, 0.3) is 21.8 Å². The van der Waals surface area contributed by atoms with E-state index in [0.717, 1.165) is 39.6 Å². The van der Waals surface area contributed by atoms with E-state index in [1.54, 1.807) is 29.4 Å². The maximum absolute atomic E-state index is 5.51. The maximum Gasteiger partial charge on any atom is 0.200 e. The second kappa shape index (κ2) is 7.01. The number of hydrogen-bond donors (Lipinski definition) is 0. The highest BCUT2D eigenvalue weighted by Crippen LogP contribution is 2.30. The summed E-state index contributed by atoms with van der Waals surface area (Å²) in [6, 6.07) is 12.0. The number of para-hydroxylation sites is 1. The van der Waals surface area contributed by atoms with Crippen LogP contribution in [0.1, 0.15) is 18.9 Å². The van der Waals surface area contributed by atoms with Crippen molar-refractivity contribution >= 4 is 33.3 Å². The molecule has 1 aromatic carbocycles.